The van der Waals surface area contributed by atoms with Crippen LogP contribution in [0.4, 0.5) is 5.69 Å². The molecule has 53 heavy (non-hydrogen) atoms. The average Bonchev–Trinajstić information content (AvgIpc) is 3.90. The molecule has 0 saturated carbocycles. The molecule has 12 heteroatoms. The third-order valence-electron chi connectivity index (χ3n) is 11.7. The summed E-state index contributed by atoms with van der Waals surface area (Å²) in [4.78, 5) is 42.3. The molecule has 0 spiro atoms. The van der Waals surface area contributed by atoms with Crippen molar-refractivity contribution in [1.29, 1.82) is 0 Å². The van der Waals surface area contributed by atoms with Gasteiger partial charge in [-0.15, -0.1) is 11.3 Å². The van der Waals surface area contributed by atoms with E-state index in [1.54, 1.807) is 0 Å². The summed E-state index contributed by atoms with van der Waals surface area (Å²) in [5, 5.41) is 5.56. The first-order valence-corrected chi connectivity index (χ1v) is 20.5. The molecule has 1 amide bonds. The number of piperazine rings is 1. The second-order valence-electron chi connectivity index (χ2n) is 16.6. The van der Waals surface area contributed by atoms with Crippen LogP contribution >= 0.6 is 11.3 Å². The number of pyridine rings is 1. The number of nitrogens with one attached hydrogen (secondary N) is 1. The van der Waals surface area contributed by atoms with Crippen LogP contribution in [0.5, 0.6) is 0 Å². The van der Waals surface area contributed by atoms with Crippen molar-refractivity contribution >= 4 is 39.8 Å². The zero-order valence-electron chi connectivity index (χ0n) is 31.9. The average molecular weight is 739 g/mol. The first-order valence-electron chi connectivity index (χ1n) is 19.6. The van der Waals surface area contributed by atoms with E-state index in [1.807, 2.05) is 0 Å². The molecule has 3 fully saturated rings. The number of thiazole rings is 1. The monoisotopic (exact) mass is 738 g/mol. The van der Waals surface area contributed by atoms with E-state index < -0.39 is 17.5 Å². The van der Waals surface area contributed by atoms with Crippen LogP contribution in [0.15, 0.2) is 35.8 Å². The predicted octanol–water partition coefficient (Wildman–Crippen LogP) is 5.75. The third kappa shape index (κ3) is 6.99. The zero-order valence-corrected chi connectivity index (χ0v) is 32.7. The van der Waals surface area contributed by atoms with E-state index in [2.05, 4.69) is 90.3 Å². The molecule has 282 valence electrons. The van der Waals surface area contributed by atoms with Gasteiger partial charge >= 0.3 is 5.97 Å². The molecule has 0 radical (unpaired) electrons. The number of nitrogens with zero attached hydrogens (tertiary/aromatic N) is 6. The minimum Gasteiger partial charge on any atom is -0.464 e. The largest absolute Gasteiger partial charge is 0.464 e. The molecule has 11 nitrogen and oxygen atoms in total. The smallest absolute Gasteiger partial charge is 0.324 e. The van der Waals surface area contributed by atoms with Gasteiger partial charge in [0.25, 0.3) is 5.91 Å². The summed E-state index contributed by atoms with van der Waals surface area (Å²) < 4.78 is 8.54. The quantitative estimate of drug-likeness (QED) is 0.253. The number of aromatic nitrogens is 3. The first-order chi connectivity index (χ1) is 25.5. The van der Waals surface area contributed by atoms with E-state index >= 15 is 0 Å². The van der Waals surface area contributed by atoms with Gasteiger partial charge in [0.2, 0.25) is 0 Å². The molecule has 0 unspecified atom stereocenters. The Labute approximate surface area is 316 Å². The van der Waals surface area contributed by atoms with E-state index in [1.165, 1.54) is 63.6 Å². The van der Waals surface area contributed by atoms with Crippen molar-refractivity contribution in [2.24, 2.45) is 11.1 Å². The number of amides is 1. The number of hydrazine groups is 1. The number of hydrogen-bond donors (Lipinski definition) is 2. The van der Waals surface area contributed by atoms with Crippen molar-refractivity contribution < 1.29 is 14.3 Å². The number of benzene rings is 1. The van der Waals surface area contributed by atoms with Gasteiger partial charge in [0, 0.05) is 78.0 Å². The number of rotatable bonds is 4. The molecule has 4 aromatic rings. The summed E-state index contributed by atoms with van der Waals surface area (Å²) in [6, 6.07) is 8.31. The van der Waals surface area contributed by atoms with Crippen molar-refractivity contribution in [3.05, 3.63) is 52.1 Å². The van der Waals surface area contributed by atoms with Crippen molar-refractivity contribution in [1.82, 2.24) is 29.9 Å². The van der Waals surface area contributed by atoms with Gasteiger partial charge in [0.1, 0.15) is 6.04 Å². The summed E-state index contributed by atoms with van der Waals surface area (Å²) in [6.07, 6.45) is 6.94. The van der Waals surface area contributed by atoms with Gasteiger partial charge in [-0.25, -0.2) is 10.4 Å². The lowest BCUT2D eigenvalue weighted by atomic mass is 9.84. The minimum atomic E-state index is -0.772. The van der Waals surface area contributed by atoms with Crippen LogP contribution in [0.25, 0.3) is 33.4 Å². The second-order valence-corrected chi connectivity index (χ2v) is 17.5. The van der Waals surface area contributed by atoms with Gasteiger partial charge < -0.3 is 19.9 Å². The zero-order chi connectivity index (χ0) is 37.0. The Hall–Kier alpha value is -3.84. The van der Waals surface area contributed by atoms with Crippen LogP contribution in [0.3, 0.4) is 0 Å². The topological polar surface area (TPSA) is 122 Å². The molecule has 4 aliphatic heterocycles. The number of fused-ring (bicyclic) bond motifs is 7. The van der Waals surface area contributed by atoms with Crippen LogP contribution < -0.4 is 16.1 Å². The third-order valence-corrected chi connectivity index (χ3v) is 12.6. The van der Waals surface area contributed by atoms with Crippen molar-refractivity contribution in [2.75, 3.05) is 44.2 Å². The number of anilines is 1. The van der Waals surface area contributed by atoms with E-state index in [0.717, 1.165) is 53.7 Å². The number of esters is 1. The fraction of sp³-hybridized carbons (Fsp3) is 0.561. The van der Waals surface area contributed by atoms with E-state index in [0.29, 0.717) is 38.3 Å². The highest BCUT2D eigenvalue weighted by molar-refractivity contribution is 7.10. The maximum absolute atomic E-state index is 13.5. The second kappa shape index (κ2) is 14.4. The molecule has 6 bridgehead atoms. The highest BCUT2D eigenvalue weighted by atomic mass is 32.1. The summed E-state index contributed by atoms with van der Waals surface area (Å²) in [5.41, 5.74) is 18.1. The van der Waals surface area contributed by atoms with Crippen LogP contribution in [0.1, 0.15) is 82.5 Å². The molecule has 7 heterocycles. The fourth-order valence-corrected chi connectivity index (χ4v) is 9.80. The number of aryl methyl sites for hydroxylation is 1. The highest BCUT2D eigenvalue weighted by Crippen LogP contribution is 2.43. The van der Waals surface area contributed by atoms with Crippen molar-refractivity contribution in [2.45, 2.75) is 104 Å². The van der Waals surface area contributed by atoms with Gasteiger partial charge in [-0.1, -0.05) is 33.8 Å². The Morgan fingerprint density at radius 3 is 2.74 bits per heavy atom. The van der Waals surface area contributed by atoms with Crippen LogP contribution in [-0.2, 0) is 33.7 Å². The lowest BCUT2D eigenvalue weighted by Crippen LogP contribution is -2.59. The molecule has 3 saturated heterocycles. The Kier molecular flexibility index (Phi) is 9.84. The summed E-state index contributed by atoms with van der Waals surface area (Å²) in [5.74, 6) is -0.353. The number of carbonyl (C=O) groups excluding carboxylic acids is 2. The molecule has 3 N–H and O–H groups in total. The number of hydrogen-bond acceptors (Lipinski definition) is 10. The highest BCUT2D eigenvalue weighted by Gasteiger charge is 2.35. The van der Waals surface area contributed by atoms with Crippen LogP contribution in [0.2, 0.25) is 0 Å². The Bertz CT molecular complexity index is 2020. The Balaban J connectivity index is 1.27. The predicted molar refractivity (Wildman–Crippen MR) is 211 cm³/mol. The maximum Gasteiger partial charge on any atom is 0.324 e. The lowest BCUT2D eigenvalue weighted by molar-refractivity contribution is -0.154. The lowest BCUT2D eigenvalue weighted by Gasteiger charge is -2.39. The molecule has 3 atom stereocenters. The van der Waals surface area contributed by atoms with Crippen LogP contribution in [0, 0.1) is 5.41 Å². The number of ether oxygens (including phenoxy) is 1. The SMILES string of the molecule is CCn1c(-c2cc(N3CCN4CCC[C@@H]4C3)cnc2C(C)C)c2c3cc(ccc31)-c1csc(n1)C[C@H](N)C(=O)N1CCC[C@H](N1)C(=O)OCC(C)(C)C2. The Morgan fingerprint density at radius 2 is 1.92 bits per heavy atom. The van der Waals surface area contributed by atoms with Gasteiger partial charge in [0.05, 0.1) is 46.6 Å². The summed E-state index contributed by atoms with van der Waals surface area (Å²) >= 11 is 1.53. The molecule has 0 aliphatic carbocycles. The maximum atomic E-state index is 13.5. The van der Waals surface area contributed by atoms with Gasteiger partial charge in [-0.05, 0) is 75.3 Å². The number of carbonyl (C=O) groups is 2. The first kappa shape index (κ1) is 36.2. The molecular formula is C41H54N8O3S. The normalized spacial score (nSPS) is 24.1. The molecule has 1 aromatic carbocycles. The van der Waals surface area contributed by atoms with E-state index in [4.69, 9.17) is 20.4 Å². The van der Waals surface area contributed by atoms with Crippen molar-refractivity contribution in [3.63, 3.8) is 0 Å². The number of cyclic esters (lactones) is 1. The van der Waals surface area contributed by atoms with Gasteiger partial charge in [-0.3, -0.25) is 24.5 Å². The van der Waals surface area contributed by atoms with Crippen LogP contribution in [-0.4, -0.2) is 93.8 Å². The summed E-state index contributed by atoms with van der Waals surface area (Å²) in [6.45, 7) is 16.9. The van der Waals surface area contributed by atoms with E-state index in [9.17, 15) is 9.59 Å². The Morgan fingerprint density at radius 1 is 1.09 bits per heavy atom. The van der Waals surface area contributed by atoms with Gasteiger partial charge in [-0.2, -0.15) is 0 Å². The van der Waals surface area contributed by atoms with Crippen molar-refractivity contribution in [3.8, 4) is 22.5 Å². The standard InChI is InChI=1S/C41H54N8O3S/c1-6-48-35-12-11-26-17-29(35)31(38(48)30-18-28(21-43-37(30)25(2)3)47-16-15-46-13-7-9-27(46)22-47)20-41(4,5)24-52-40(51)33-10-8-14-49(45-33)39(50)32(42)19-36-44-34(26)23-53-36/h11-12,17-18,21,23,25,27,32-33,45H,6-10,13-16,19-20,22,24,42H2,1-5H3/t27-,32+,33+/m1/s1. The van der Waals surface area contributed by atoms with E-state index in [-0.39, 0.29) is 24.4 Å². The number of nitrogens with two attached hydrogens (primary N) is 1. The molecule has 3 aromatic heterocycles. The van der Waals surface area contributed by atoms with Gasteiger partial charge in [0.15, 0.2) is 0 Å². The molecule has 8 rings (SSSR count). The molecule has 4 aliphatic rings. The minimum absolute atomic E-state index is 0.222. The molecular weight excluding hydrogens is 685 g/mol. The fourth-order valence-electron chi connectivity index (χ4n) is 8.94. The summed E-state index contributed by atoms with van der Waals surface area (Å²) in [7, 11) is 0.